The zero-order valence-corrected chi connectivity index (χ0v) is 10.4. The summed E-state index contributed by atoms with van der Waals surface area (Å²) in [5, 5.41) is 9.70. The van der Waals surface area contributed by atoms with Crippen molar-refractivity contribution in [2.45, 2.75) is 6.42 Å². The number of anilines is 1. The number of nitrogens with one attached hydrogen (secondary N) is 2. The van der Waals surface area contributed by atoms with Crippen molar-refractivity contribution in [2.75, 3.05) is 12.3 Å². The topological polar surface area (TPSA) is 83.8 Å². The number of nitrogen functional groups attached to an aromatic ring is 1. The number of rotatable bonds is 4. The van der Waals surface area contributed by atoms with Crippen molar-refractivity contribution in [3.63, 3.8) is 0 Å². The molecule has 0 aliphatic carbocycles. The van der Waals surface area contributed by atoms with Gasteiger partial charge in [-0.3, -0.25) is 9.89 Å². The highest BCUT2D eigenvalue weighted by atomic mass is 35.5. The van der Waals surface area contributed by atoms with E-state index in [-0.39, 0.29) is 5.91 Å². The molecule has 2 rings (SSSR count). The summed E-state index contributed by atoms with van der Waals surface area (Å²) in [5.74, 6) is -0.257. The third kappa shape index (κ3) is 3.01. The molecule has 1 heterocycles. The zero-order chi connectivity index (χ0) is 13.0. The third-order valence-electron chi connectivity index (χ3n) is 2.48. The molecule has 0 aliphatic heterocycles. The lowest BCUT2D eigenvalue weighted by Gasteiger charge is -2.04. The number of aromatic amines is 1. The van der Waals surface area contributed by atoms with Crippen LogP contribution in [0.3, 0.4) is 0 Å². The summed E-state index contributed by atoms with van der Waals surface area (Å²) in [5.41, 5.74) is 7.28. The fourth-order valence-electron chi connectivity index (χ4n) is 1.58. The minimum absolute atomic E-state index is 0.257. The molecular formula is C12H13ClN4O. The second kappa shape index (κ2) is 5.55. The molecule has 0 bridgehead atoms. The molecule has 4 N–H and O–H groups in total. The largest absolute Gasteiger partial charge is 0.396 e. The van der Waals surface area contributed by atoms with Crippen LogP contribution in [-0.2, 0) is 6.42 Å². The first kappa shape index (κ1) is 12.4. The van der Waals surface area contributed by atoms with Crippen molar-refractivity contribution in [3.8, 4) is 0 Å². The van der Waals surface area contributed by atoms with E-state index in [9.17, 15) is 4.79 Å². The Morgan fingerprint density at radius 2 is 2.33 bits per heavy atom. The van der Waals surface area contributed by atoms with Gasteiger partial charge in [-0.25, -0.2) is 0 Å². The number of amides is 1. The van der Waals surface area contributed by atoms with Gasteiger partial charge in [0.15, 0.2) is 0 Å². The molecule has 0 radical (unpaired) electrons. The van der Waals surface area contributed by atoms with Crippen LogP contribution in [0, 0.1) is 0 Å². The Labute approximate surface area is 109 Å². The molecule has 1 amide bonds. The van der Waals surface area contributed by atoms with Crippen molar-refractivity contribution in [1.82, 2.24) is 15.5 Å². The lowest BCUT2D eigenvalue weighted by molar-refractivity contribution is 0.0950. The summed E-state index contributed by atoms with van der Waals surface area (Å²) in [4.78, 5) is 11.7. The highest BCUT2D eigenvalue weighted by molar-refractivity contribution is 6.30. The lowest BCUT2D eigenvalue weighted by atomic mass is 10.1. The molecule has 2 aromatic rings. The molecular weight excluding hydrogens is 252 g/mol. The summed E-state index contributed by atoms with van der Waals surface area (Å²) >= 11 is 5.87. The predicted molar refractivity (Wildman–Crippen MR) is 70.5 cm³/mol. The predicted octanol–water partition coefficient (Wildman–Crippen LogP) is 1.62. The van der Waals surface area contributed by atoms with Crippen LogP contribution < -0.4 is 11.1 Å². The average Bonchev–Trinajstić information content (AvgIpc) is 2.75. The maximum Gasteiger partial charge on any atom is 0.271 e. The van der Waals surface area contributed by atoms with Gasteiger partial charge in [0.2, 0.25) is 0 Å². The van der Waals surface area contributed by atoms with Crippen LogP contribution in [0.4, 0.5) is 5.69 Å². The van der Waals surface area contributed by atoms with Crippen LogP contribution in [-0.4, -0.2) is 22.6 Å². The minimum atomic E-state index is -0.257. The number of halogens is 1. The molecule has 0 unspecified atom stereocenters. The molecule has 5 nitrogen and oxygen atoms in total. The van der Waals surface area contributed by atoms with E-state index >= 15 is 0 Å². The fraction of sp³-hybridized carbons (Fsp3) is 0.167. The Morgan fingerprint density at radius 1 is 1.50 bits per heavy atom. The molecule has 0 saturated heterocycles. The highest BCUT2D eigenvalue weighted by Crippen LogP contribution is 2.11. The Balaban J connectivity index is 1.86. The lowest BCUT2D eigenvalue weighted by Crippen LogP contribution is -2.26. The van der Waals surface area contributed by atoms with Crippen LogP contribution in [0.1, 0.15) is 16.1 Å². The normalized spacial score (nSPS) is 10.3. The van der Waals surface area contributed by atoms with Crippen molar-refractivity contribution in [3.05, 3.63) is 46.7 Å². The number of carbonyl (C=O) groups excluding carboxylic acids is 1. The maximum absolute atomic E-state index is 11.7. The number of hydrogen-bond donors (Lipinski definition) is 3. The molecule has 0 aliphatic rings. The third-order valence-corrected chi connectivity index (χ3v) is 2.72. The molecule has 0 spiro atoms. The minimum Gasteiger partial charge on any atom is -0.396 e. The number of benzene rings is 1. The summed E-state index contributed by atoms with van der Waals surface area (Å²) in [7, 11) is 0. The van der Waals surface area contributed by atoms with Crippen LogP contribution >= 0.6 is 11.6 Å². The Kier molecular flexibility index (Phi) is 3.84. The number of H-pyrrole nitrogens is 1. The van der Waals surface area contributed by atoms with Crippen LogP contribution in [0.2, 0.25) is 5.02 Å². The first-order valence-electron chi connectivity index (χ1n) is 5.48. The summed E-state index contributed by atoms with van der Waals surface area (Å²) in [6.45, 7) is 0.512. The average molecular weight is 265 g/mol. The van der Waals surface area contributed by atoms with Crippen LogP contribution in [0.25, 0.3) is 0 Å². The quantitative estimate of drug-likeness (QED) is 0.785. The van der Waals surface area contributed by atoms with Gasteiger partial charge in [0, 0.05) is 11.6 Å². The maximum atomic E-state index is 11.7. The van der Waals surface area contributed by atoms with Gasteiger partial charge in [0.25, 0.3) is 5.91 Å². The van der Waals surface area contributed by atoms with Gasteiger partial charge in [0.1, 0.15) is 5.69 Å². The number of hydrogen-bond acceptors (Lipinski definition) is 3. The molecule has 0 saturated carbocycles. The summed E-state index contributed by atoms with van der Waals surface area (Å²) in [6, 6.07) is 7.53. The van der Waals surface area contributed by atoms with Gasteiger partial charge >= 0.3 is 0 Å². The van der Waals surface area contributed by atoms with E-state index in [1.54, 1.807) is 0 Å². The van der Waals surface area contributed by atoms with Gasteiger partial charge in [-0.15, -0.1) is 0 Å². The summed E-state index contributed by atoms with van der Waals surface area (Å²) in [6.07, 6.45) is 2.12. The van der Waals surface area contributed by atoms with Gasteiger partial charge in [-0.05, 0) is 24.1 Å². The van der Waals surface area contributed by atoms with E-state index in [2.05, 4.69) is 15.5 Å². The second-order valence-corrected chi connectivity index (χ2v) is 4.27. The molecule has 1 aromatic heterocycles. The van der Waals surface area contributed by atoms with Crippen LogP contribution in [0.15, 0.2) is 30.5 Å². The SMILES string of the molecule is Nc1cn[nH]c1C(=O)NCCc1cccc(Cl)c1. The van der Waals surface area contributed by atoms with E-state index in [0.29, 0.717) is 29.4 Å². The van der Waals surface area contributed by atoms with Crippen molar-refractivity contribution in [2.24, 2.45) is 0 Å². The Bertz CT molecular complexity index is 553. The zero-order valence-electron chi connectivity index (χ0n) is 9.61. The number of nitrogens with zero attached hydrogens (tertiary/aromatic N) is 1. The van der Waals surface area contributed by atoms with Gasteiger partial charge in [-0.1, -0.05) is 23.7 Å². The first-order valence-corrected chi connectivity index (χ1v) is 5.86. The molecule has 0 atom stereocenters. The van der Waals surface area contributed by atoms with E-state index in [4.69, 9.17) is 17.3 Å². The van der Waals surface area contributed by atoms with E-state index in [0.717, 1.165) is 5.56 Å². The number of carbonyl (C=O) groups is 1. The monoisotopic (exact) mass is 264 g/mol. The highest BCUT2D eigenvalue weighted by Gasteiger charge is 2.10. The second-order valence-electron chi connectivity index (χ2n) is 3.84. The van der Waals surface area contributed by atoms with Gasteiger partial charge < -0.3 is 11.1 Å². The van der Waals surface area contributed by atoms with Gasteiger partial charge in [0.05, 0.1) is 11.9 Å². The Hall–Kier alpha value is -2.01. The van der Waals surface area contributed by atoms with E-state index in [1.165, 1.54) is 6.20 Å². The smallest absolute Gasteiger partial charge is 0.271 e. The fourth-order valence-corrected chi connectivity index (χ4v) is 1.79. The molecule has 94 valence electrons. The van der Waals surface area contributed by atoms with Crippen molar-refractivity contribution < 1.29 is 4.79 Å². The van der Waals surface area contributed by atoms with E-state index < -0.39 is 0 Å². The molecule has 6 heteroatoms. The Morgan fingerprint density at radius 3 is 3.00 bits per heavy atom. The molecule has 0 fully saturated rings. The van der Waals surface area contributed by atoms with Crippen LogP contribution in [0.5, 0.6) is 0 Å². The van der Waals surface area contributed by atoms with Crippen molar-refractivity contribution in [1.29, 1.82) is 0 Å². The number of nitrogens with two attached hydrogens (primary N) is 1. The summed E-state index contributed by atoms with van der Waals surface area (Å²) < 4.78 is 0. The molecule has 18 heavy (non-hydrogen) atoms. The first-order chi connectivity index (χ1) is 8.66. The standard InChI is InChI=1S/C12H13ClN4O/c13-9-3-1-2-8(6-9)4-5-15-12(18)11-10(14)7-16-17-11/h1-3,6-7H,4-5,14H2,(H,15,18)(H,16,17). The van der Waals surface area contributed by atoms with Gasteiger partial charge in [-0.2, -0.15) is 5.10 Å². The number of aromatic nitrogens is 2. The van der Waals surface area contributed by atoms with Crippen molar-refractivity contribution >= 4 is 23.2 Å². The van der Waals surface area contributed by atoms with E-state index in [1.807, 2.05) is 24.3 Å². The molecule has 1 aromatic carbocycles.